The molecule has 2 heterocycles. The Morgan fingerprint density at radius 3 is 2.50 bits per heavy atom. The van der Waals surface area contributed by atoms with E-state index in [4.69, 9.17) is 4.74 Å². The van der Waals surface area contributed by atoms with Gasteiger partial charge in [-0.25, -0.2) is 4.79 Å². The number of fused-ring (bicyclic) bond motifs is 2. The van der Waals surface area contributed by atoms with Crippen LogP contribution < -0.4 is 5.32 Å². The highest BCUT2D eigenvalue weighted by Crippen LogP contribution is 2.44. The van der Waals surface area contributed by atoms with Gasteiger partial charge in [0.2, 0.25) is 5.91 Å². The summed E-state index contributed by atoms with van der Waals surface area (Å²) in [4.78, 5) is 41.2. The monoisotopic (exact) mass is 481 g/mol. The molecule has 0 unspecified atom stereocenters. The Labute approximate surface area is 209 Å². The van der Waals surface area contributed by atoms with Crippen LogP contribution >= 0.6 is 0 Å². The lowest BCUT2D eigenvalue weighted by Crippen LogP contribution is -2.44. The number of esters is 1. The topological polar surface area (TPSA) is 80.6 Å². The van der Waals surface area contributed by atoms with Gasteiger partial charge in [0.1, 0.15) is 0 Å². The maximum Gasteiger partial charge on any atom is 0.338 e. The Morgan fingerprint density at radius 1 is 0.944 bits per heavy atom. The molecule has 0 saturated carbocycles. The molecule has 0 spiro atoms. The summed E-state index contributed by atoms with van der Waals surface area (Å²) in [5.41, 5.74) is 3.96. The Bertz CT molecular complexity index is 1490. The minimum Gasteiger partial charge on any atom is -0.462 e. The molecule has 7 heteroatoms. The third kappa shape index (κ3) is 3.92. The SMILES string of the molecule is CCOC(=O)c1cccc(NC(=O)[C@@H]2c3ccccc3C(=O)N(C)[C@H]2c2cn(C)c3ccccc23)c1. The van der Waals surface area contributed by atoms with Gasteiger partial charge in [-0.3, -0.25) is 9.59 Å². The fraction of sp³-hybridized carbons (Fsp3) is 0.207. The zero-order chi connectivity index (χ0) is 25.4. The highest BCUT2D eigenvalue weighted by atomic mass is 16.5. The first-order chi connectivity index (χ1) is 17.4. The molecule has 7 nitrogen and oxygen atoms in total. The van der Waals surface area contributed by atoms with Gasteiger partial charge in [-0.1, -0.05) is 42.5 Å². The summed E-state index contributed by atoms with van der Waals surface area (Å²) < 4.78 is 7.11. The first-order valence-corrected chi connectivity index (χ1v) is 11.9. The zero-order valence-corrected chi connectivity index (χ0v) is 20.4. The van der Waals surface area contributed by atoms with Crippen molar-refractivity contribution < 1.29 is 19.1 Å². The van der Waals surface area contributed by atoms with E-state index in [0.717, 1.165) is 16.5 Å². The van der Waals surface area contributed by atoms with E-state index in [2.05, 4.69) is 5.32 Å². The predicted molar refractivity (Wildman–Crippen MR) is 138 cm³/mol. The van der Waals surface area contributed by atoms with Gasteiger partial charge < -0.3 is 19.5 Å². The lowest BCUT2D eigenvalue weighted by Gasteiger charge is -2.39. The molecule has 182 valence electrons. The first kappa shape index (κ1) is 23.4. The predicted octanol–water partition coefficient (Wildman–Crippen LogP) is 4.90. The molecule has 3 aromatic carbocycles. The van der Waals surface area contributed by atoms with E-state index in [1.807, 2.05) is 54.2 Å². The van der Waals surface area contributed by atoms with Crippen LogP contribution in [0.3, 0.4) is 0 Å². The van der Waals surface area contributed by atoms with Crippen LogP contribution in [0, 0.1) is 0 Å². The van der Waals surface area contributed by atoms with Crippen LogP contribution in [0.5, 0.6) is 0 Å². The summed E-state index contributed by atoms with van der Waals surface area (Å²) in [5, 5.41) is 3.98. The summed E-state index contributed by atoms with van der Waals surface area (Å²) in [6.07, 6.45) is 1.99. The summed E-state index contributed by atoms with van der Waals surface area (Å²) in [7, 11) is 3.70. The van der Waals surface area contributed by atoms with E-state index in [0.29, 0.717) is 22.4 Å². The largest absolute Gasteiger partial charge is 0.462 e. The number of nitrogens with zero attached hydrogens (tertiary/aromatic N) is 2. The fourth-order valence-electron chi connectivity index (χ4n) is 5.11. The molecule has 2 amide bonds. The summed E-state index contributed by atoms with van der Waals surface area (Å²) >= 11 is 0. The van der Waals surface area contributed by atoms with Crippen LogP contribution in [0.1, 0.15) is 50.7 Å². The molecule has 2 atom stereocenters. The van der Waals surface area contributed by atoms with Gasteiger partial charge in [0.05, 0.1) is 24.1 Å². The molecule has 1 N–H and O–H groups in total. The Kier molecular flexibility index (Phi) is 6.06. The van der Waals surface area contributed by atoms with Gasteiger partial charge in [-0.05, 0) is 42.8 Å². The molecule has 0 aliphatic carbocycles. The summed E-state index contributed by atoms with van der Waals surface area (Å²) in [6, 6.07) is 21.4. The normalized spacial score (nSPS) is 17.1. The molecule has 36 heavy (non-hydrogen) atoms. The lowest BCUT2D eigenvalue weighted by molar-refractivity contribution is -0.119. The van der Waals surface area contributed by atoms with E-state index in [9.17, 15) is 14.4 Å². The Hall–Kier alpha value is -4.39. The molecule has 0 saturated heterocycles. The number of carbonyl (C=O) groups excluding carboxylic acids is 3. The Morgan fingerprint density at radius 2 is 1.69 bits per heavy atom. The Balaban J connectivity index is 1.60. The van der Waals surface area contributed by atoms with Crippen LogP contribution in [-0.2, 0) is 16.6 Å². The van der Waals surface area contributed by atoms with Gasteiger partial charge >= 0.3 is 5.97 Å². The standard InChI is InChI=1S/C29H27N3O4/c1-4-36-29(35)18-10-9-11-19(16-18)30-27(33)25-21-13-5-6-14-22(21)28(34)32(3)26(25)23-17-31(2)24-15-8-7-12-20(23)24/h5-17,25-26H,4H2,1-3H3,(H,30,33)/t25-,26+/m1/s1. The number of anilines is 1. The quantitative estimate of drug-likeness (QED) is 0.411. The van der Waals surface area contributed by atoms with E-state index in [-0.39, 0.29) is 18.4 Å². The number of nitrogens with one attached hydrogen (secondary N) is 1. The van der Waals surface area contributed by atoms with Crippen LogP contribution in [0.25, 0.3) is 10.9 Å². The number of aromatic nitrogens is 1. The first-order valence-electron chi connectivity index (χ1n) is 11.9. The van der Waals surface area contributed by atoms with Crippen molar-refractivity contribution in [2.24, 2.45) is 7.05 Å². The van der Waals surface area contributed by atoms with Gasteiger partial charge in [0.15, 0.2) is 0 Å². The molecule has 5 rings (SSSR count). The zero-order valence-electron chi connectivity index (χ0n) is 20.4. The molecule has 1 aromatic heterocycles. The summed E-state index contributed by atoms with van der Waals surface area (Å²) in [5.74, 6) is -1.51. The van der Waals surface area contributed by atoms with Crippen molar-refractivity contribution >= 4 is 34.4 Å². The third-order valence-corrected chi connectivity index (χ3v) is 6.75. The average Bonchev–Trinajstić information content (AvgIpc) is 3.22. The number of hydrogen-bond acceptors (Lipinski definition) is 4. The fourth-order valence-corrected chi connectivity index (χ4v) is 5.11. The number of para-hydroxylation sites is 1. The maximum absolute atomic E-state index is 13.9. The molecule has 1 aliphatic rings. The number of amides is 2. The molecular formula is C29H27N3O4. The van der Waals surface area contributed by atoms with Crippen molar-refractivity contribution in [2.45, 2.75) is 18.9 Å². The number of aryl methyl sites for hydroxylation is 1. The van der Waals surface area contributed by atoms with E-state index < -0.39 is 17.9 Å². The number of benzene rings is 3. The molecule has 1 aliphatic heterocycles. The van der Waals surface area contributed by atoms with Crippen LogP contribution in [0.4, 0.5) is 5.69 Å². The second-order valence-corrected chi connectivity index (χ2v) is 8.93. The number of rotatable bonds is 5. The second-order valence-electron chi connectivity index (χ2n) is 8.93. The van der Waals surface area contributed by atoms with Crippen molar-refractivity contribution in [1.29, 1.82) is 0 Å². The molecule has 4 aromatic rings. The molecular weight excluding hydrogens is 454 g/mol. The molecule has 0 radical (unpaired) electrons. The van der Waals surface area contributed by atoms with Gasteiger partial charge in [-0.15, -0.1) is 0 Å². The molecule has 0 bridgehead atoms. The van der Waals surface area contributed by atoms with Crippen molar-refractivity contribution in [3.8, 4) is 0 Å². The number of carbonyl (C=O) groups is 3. The van der Waals surface area contributed by atoms with Crippen LogP contribution in [0.15, 0.2) is 79.0 Å². The molecule has 0 fully saturated rings. The van der Waals surface area contributed by atoms with Gasteiger partial charge in [0, 0.05) is 48.0 Å². The second kappa shape index (κ2) is 9.34. The smallest absolute Gasteiger partial charge is 0.338 e. The maximum atomic E-state index is 13.9. The summed E-state index contributed by atoms with van der Waals surface area (Å²) in [6.45, 7) is 2.01. The highest BCUT2D eigenvalue weighted by molar-refractivity contribution is 6.05. The van der Waals surface area contributed by atoms with Crippen LogP contribution in [0.2, 0.25) is 0 Å². The average molecular weight is 482 g/mol. The van der Waals surface area contributed by atoms with Crippen molar-refractivity contribution in [3.63, 3.8) is 0 Å². The van der Waals surface area contributed by atoms with Crippen molar-refractivity contribution in [3.05, 3.63) is 101 Å². The highest BCUT2D eigenvalue weighted by Gasteiger charge is 2.43. The number of hydrogen-bond donors (Lipinski definition) is 1. The lowest BCUT2D eigenvalue weighted by atomic mass is 9.79. The number of ether oxygens (including phenoxy) is 1. The van der Waals surface area contributed by atoms with Crippen molar-refractivity contribution in [2.75, 3.05) is 19.0 Å². The van der Waals surface area contributed by atoms with Crippen LogP contribution in [-0.4, -0.2) is 40.9 Å². The minimum atomic E-state index is -0.666. The van der Waals surface area contributed by atoms with E-state index in [1.54, 1.807) is 55.3 Å². The minimum absolute atomic E-state index is 0.128. The number of likely N-dealkylation sites (N-methyl/N-ethyl adjacent to an activating group) is 1. The third-order valence-electron chi connectivity index (χ3n) is 6.75. The van der Waals surface area contributed by atoms with Gasteiger partial charge in [0.25, 0.3) is 5.91 Å². The van der Waals surface area contributed by atoms with Gasteiger partial charge in [-0.2, -0.15) is 0 Å². The van der Waals surface area contributed by atoms with E-state index >= 15 is 0 Å². The van der Waals surface area contributed by atoms with E-state index in [1.165, 1.54) is 0 Å². The van der Waals surface area contributed by atoms with Crippen molar-refractivity contribution in [1.82, 2.24) is 9.47 Å².